The van der Waals surface area contributed by atoms with E-state index in [2.05, 4.69) is 31.1 Å². The molecule has 0 saturated carbocycles. The molecule has 0 aliphatic carbocycles. The number of pyridine rings is 2. The molecule has 0 unspecified atom stereocenters. The molecule has 4 aliphatic rings. The summed E-state index contributed by atoms with van der Waals surface area (Å²) in [5.74, 6) is 0.382. The molecule has 2 bridgehead atoms. The number of aromatic hydroxyl groups is 1. The van der Waals surface area contributed by atoms with Gasteiger partial charge in [-0.1, -0.05) is 12.0 Å². The summed E-state index contributed by atoms with van der Waals surface area (Å²) < 4.78 is 95.9. The minimum atomic E-state index is -4.77. The van der Waals surface area contributed by atoms with E-state index in [1.54, 1.807) is 0 Å². The van der Waals surface area contributed by atoms with Crippen LogP contribution < -0.4 is 15.0 Å². The Bertz CT molecular complexity index is 2370. The standard InChI is InChI=1S/C39H33F6N7O2/c1-2-27-29(41)7-4-20-11-26(53)12-28(30(20)27)34-32(42)35-31(33(48-34)21-10-22(15-46-14-21)39(43,44)45)36(51-17-24-5-6-25(18-51)47-24)50-37(49-35)54-19-38-8-3-9-52(38)16-23(40)13-38/h1,4,7,10-12,14-15,23-25,47,53H,3,5-6,8-9,13,16-19H2/t23-,24-,25+,38+/m1/s1. The van der Waals surface area contributed by atoms with Crippen molar-refractivity contribution in [3.63, 3.8) is 0 Å². The second kappa shape index (κ2) is 12.7. The zero-order chi connectivity index (χ0) is 37.5. The van der Waals surface area contributed by atoms with E-state index in [9.17, 15) is 22.7 Å². The Morgan fingerprint density at radius 1 is 1.00 bits per heavy atom. The molecule has 0 spiro atoms. The molecule has 9 nitrogen and oxygen atoms in total. The Kier molecular flexibility index (Phi) is 8.13. The van der Waals surface area contributed by atoms with E-state index in [0.29, 0.717) is 32.3 Å². The highest BCUT2D eigenvalue weighted by atomic mass is 19.4. The summed E-state index contributed by atoms with van der Waals surface area (Å²) in [7, 11) is 0. The van der Waals surface area contributed by atoms with Gasteiger partial charge in [-0.3, -0.25) is 9.88 Å². The lowest BCUT2D eigenvalue weighted by molar-refractivity contribution is -0.137. The molecule has 4 aliphatic heterocycles. The van der Waals surface area contributed by atoms with Crippen LogP contribution in [0.2, 0.25) is 0 Å². The highest BCUT2D eigenvalue weighted by Crippen LogP contribution is 2.45. The number of hydrogen-bond acceptors (Lipinski definition) is 9. The molecular formula is C39H33F6N7O2. The van der Waals surface area contributed by atoms with Crippen molar-refractivity contribution in [2.75, 3.05) is 37.7 Å². The fourth-order valence-electron chi connectivity index (χ4n) is 8.91. The quantitative estimate of drug-likeness (QED) is 0.144. The fraction of sp³-hybridized carbons (Fsp3) is 0.385. The molecule has 3 aromatic heterocycles. The highest BCUT2D eigenvalue weighted by Gasteiger charge is 2.49. The predicted molar refractivity (Wildman–Crippen MR) is 189 cm³/mol. The molecule has 9 rings (SSSR count). The number of benzene rings is 2. The number of alkyl halides is 4. The van der Waals surface area contributed by atoms with E-state index in [1.165, 1.54) is 24.4 Å². The van der Waals surface area contributed by atoms with E-state index in [4.69, 9.17) is 16.1 Å². The zero-order valence-corrected chi connectivity index (χ0v) is 28.7. The summed E-state index contributed by atoms with van der Waals surface area (Å²) in [6, 6.07) is 5.81. The Morgan fingerprint density at radius 2 is 1.80 bits per heavy atom. The Hall–Kier alpha value is -5.20. The van der Waals surface area contributed by atoms with Crippen molar-refractivity contribution < 1.29 is 36.2 Å². The number of phenolic OH excluding ortho intramolecular Hbond substituents is 1. The van der Waals surface area contributed by atoms with Gasteiger partial charge in [-0.2, -0.15) is 23.1 Å². The molecule has 5 aromatic rings. The zero-order valence-electron chi connectivity index (χ0n) is 28.7. The topological polar surface area (TPSA) is 99.5 Å². The molecular weight excluding hydrogens is 712 g/mol. The molecule has 4 atom stereocenters. The summed E-state index contributed by atoms with van der Waals surface area (Å²) in [4.78, 5) is 21.9. The van der Waals surface area contributed by atoms with Crippen molar-refractivity contribution >= 4 is 27.5 Å². The number of nitrogens with zero attached hydrogens (tertiary/aromatic N) is 6. The highest BCUT2D eigenvalue weighted by molar-refractivity contribution is 6.06. The molecule has 54 heavy (non-hydrogen) atoms. The first-order valence-electron chi connectivity index (χ1n) is 17.8. The number of aromatic nitrogens is 4. The number of terminal acetylenes is 1. The number of nitrogens with one attached hydrogen (secondary N) is 1. The Balaban J connectivity index is 1.32. The van der Waals surface area contributed by atoms with E-state index in [0.717, 1.165) is 31.4 Å². The van der Waals surface area contributed by atoms with Gasteiger partial charge in [0.05, 0.1) is 27.7 Å². The second-order valence-corrected chi connectivity index (χ2v) is 14.7. The summed E-state index contributed by atoms with van der Waals surface area (Å²) >= 11 is 0. The third-order valence-electron chi connectivity index (χ3n) is 11.3. The summed E-state index contributed by atoms with van der Waals surface area (Å²) in [5.41, 5.74) is -3.00. The number of anilines is 1. The molecule has 15 heteroatoms. The number of fused-ring (bicyclic) bond motifs is 5. The van der Waals surface area contributed by atoms with Crippen molar-refractivity contribution in [2.45, 2.75) is 62.1 Å². The minimum Gasteiger partial charge on any atom is -0.508 e. The van der Waals surface area contributed by atoms with Gasteiger partial charge in [0.1, 0.15) is 41.4 Å². The maximum Gasteiger partial charge on any atom is 0.417 e. The van der Waals surface area contributed by atoms with Crippen LogP contribution in [0.25, 0.3) is 44.2 Å². The first-order valence-corrected chi connectivity index (χ1v) is 17.8. The van der Waals surface area contributed by atoms with Gasteiger partial charge in [-0.05, 0) is 61.9 Å². The molecule has 2 aromatic carbocycles. The van der Waals surface area contributed by atoms with Gasteiger partial charge in [0, 0.05) is 67.0 Å². The fourth-order valence-corrected chi connectivity index (χ4v) is 8.91. The maximum absolute atomic E-state index is 17.5. The van der Waals surface area contributed by atoms with E-state index in [-0.39, 0.29) is 93.3 Å². The van der Waals surface area contributed by atoms with Crippen LogP contribution in [0.4, 0.5) is 32.2 Å². The van der Waals surface area contributed by atoms with Gasteiger partial charge in [-0.15, -0.1) is 6.42 Å². The van der Waals surface area contributed by atoms with Crippen molar-refractivity contribution in [1.82, 2.24) is 30.2 Å². The minimum absolute atomic E-state index is 0.0178. The van der Waals surface area contributed by atoms with Gasteiger partial charge in [-0.25, -0.2) is 18.2 Å². The van der Waals surface area contributed by atoms with Crippen molar-refractivity contribution in [3.8, 4) is 46.6 Å². The molecule has 4 saturated heterocycles. The van der Waals surface area contributed by atoms with Crippen LogP contribution in [-0.2, 0) is 6.18 Å². The van der Waals surface area contributed by atoms with Gasteiger partial charge >= 0.3 is 12.2 Å². The van der Waals surface area contributed by atoms with Gasteiger partial charge < -0.3 is 20.1 Å². The van der Waals surface area contributed by atoms with E-state index in [1.807, 2.05) is 4.90 Å². The number of halogens is 6. The summed E-state index contributed by atoms with van der Waals surface area (Å²) in [5, 5.41) is 14.7. The first-order chi connectivity index (χ1) is 25.9. The number of phenols is 1. The second-order valence-electron chi connectivity index (χ2n) is 14.7. The smallest absolute Gasteiger partial charge is 0.417 e. The van der Waals surface area contributed by atoms with Gasteiger partial charge in [0.25, 0.3) is 0 Å². The van der Waals surface area contributed by atoms with Crippen LogP contribution in [0.1, 0.15) is 43.2 Å². The van der Waals surface area contributed by atoms with Crippen LogP contribution in [-0.4, -0.2) is 86.5 Å². The van der Waals surface area contributed by atoms with E-state index >= 15 is 8.78 Å². The normalized spacial score (nSPS) is 24.0. The molecule has 0 amide bonds. The van der Waals surface area contributed by atoms with Crippen molar-refractivity contribution in [2.24, 2.45) is 0 Å². The lowest BCUT2D eigenvalue weighted by atomic mass is 9.95. The van der Waals surface area contributed by atoms with Crippen LogP contribution in [0.15, 0.2) is 42.7 Å². The average Bonchev–Trinajstić information content (AvgIpc) is 3.80. The third kappa shape index (κ3) is 5.74. The molecule has 278 valence electrons. The van der Waals surface area contributed by atoms with Gasteiger partial charge in [0.15, 0.2) is 5.82 Å². The summed E-state index contributed by atoms with van der Waals surface area (Å²) in [6.07, 6.45) is 5.39. The maximum atomic E-state index is 17.5. The molecule has 0 radical (unpaired) electrons. The molecule has 7 heterocycles. The lowest BCUT2D eigenvalue weighted by Crippen LogP contribution is -2.51. The number of piperazine rings is 1. The monoisotopic (exact) mass is 745 g/mol. The van der Waals surface area contributed by atoms with Crippen LogP contribution >= 0.6 is 0 Å². The lowest BCUT2D eigenvalue weighted by Gasteiger charge is -2.35. The summed E-state index contributed by atoms with van der Waals surface area (Å²) in [6.45, 7) is 1.95. The first kappa shape index (κ1) is 34.6. The Morgan fingerprint density at radius 3 is 2.56 bits per heavy atom. The third-order valence-corrected chi connectivity index (χ3v) is 11.3. The Labute approximate surface area is 305 Å². The molecule has 4 fully saturated rings. The number of ether oxygens (including phenoxy) is 1. The SMILES string of the molecule is C#Cc1c(F)ccc2cc(O)cc(-c3nc(-c4cncc(C(F)(F)F)c4)c4c(N5C[C@H]6CC[C@@H](C5)N6)nc(OC[C@@]56CCCN5C[C@H](F)C6)nc4c3F)c12. The van der Waals surface area contributed by atoms with Crippen LogP contribution in [0, 0.1) is 24.0 Å². The van der Waals surface area contributed by atoms with Crippen molar-refractivity contribution in [1.29, 1.82) is 0 Å². The number of hydrogen-bond donors (Lipinski definition) is 2. The van der Waals surface area contributed by atoms with Crippen molar-refractivity contribution in [3.05, 3.63) is 65.5 Å². The van der Waals surface area contributed by atoms with Gasteiger partial charge in [0.2, 0.25) is 0 Å². The number of rotatable bonds is 6. The van der Waals surface area contributed by atoms with Crippen LogP contribution in [0.5, 0.6) is 11.8 Å². The van der Waals surface area contributed by atoms with Crippen LogP contribution in [0.3, 0.4) is 0 Å². The average molecular weight is 746 g/mol. The predicted octanol–water partition coefficient (Wildman–Crippen LogP) is 6.79. The molecule has 2 N–H and O–H groups in total. The van der Waals surface area contributed by atoms with E-state index < -0.39 is 40.8 Å². The largest absolute Gasteiger partial charge is 0.508 e.